The molecule has 0 saturated heterocycles. The minimum Gasteiger partial charge on any atom is -0.508 e. The van der Waals surface area contributed by atoms with Gasteiger partial charge in [0.05, 0.1) is 11.6 Å². The van der Waals surface area contributed by atoms with E-state index in [-0.39, 0.29) is 22.8 Å². The molecule has 2 N–H and O–H groups in total. The van der Waals surface area contributed by atoms with Crippen LogP contribution < -0.4 is 4.90 Å². The monoisotopic (exact) mass is 447 g/mol. The summed E-state index contributed by atoms with van der Waals surface area (Å²) in [6.07, 6.45) is 0. The fourth-order valence-corrected chi connectivity index (χ4v) is 3.94. The number of para-hydroxylation sites is 1. The van der Waals surface area contributed by atoms with Gasteiger partial charge in [-0.15, -0.1) is 0 Å². The molecule has 1 aromatic heterocycles. The van der Waals surface area contributed by atoms with Crippen molar-refractivity contribution in [2.75, 3.05) is 4.90 Å². The Balaban J connectivity index is 1.67. The highest BCUT2D eigenvalue weighted by molar-refractivity contribution is 6.20. The van der Waals surface area contributed by atoms with E-state index in [0.717, 1.165) is 17.0 Å². The Morgan fingerprint density at radius 1 is 0.909 bits per heavy atom. The van der Waals surface area contributed by atoms with Gasteiger partial charge in [-0.1, -0.05) is 30.3 Å². The molecule has 8 heteroatoms. The number of aliphatic hydroxyl groups is 1. The zero-order chi connectivity index (χ0) is 23.3. The van der Waals surface area contributed by atoms with E-state index in [1.165, 1.54) is 36.4 Å². The van der Waals surface area contributed by atoms with Crippen molar-refractivity contribution in [3.05, 3.63) is 107 Å². The van der Waals surface area contributed by atoms with Crippen LogP contribution in [0, 0.1) is 11.6 Å². The first kappa shape index (κ1) is 20.4. The van der Waals surface area contributed by atoms with Crippen LogP contribution in [0.15, 0.2) is 88.5 Å². The van der Waals surface area contributed by atoms with E-state index in [9.17, 15) is 28.6 Å². The third-order valence-corrected chi connectivity index (χ3v) is 5.49. The number of nitrogens with zero attached hydrogens (tertiary/aromatic N) is 1. The van der Waals surface area contributed by atoms with E-state index in [1.807, 2.05) is 0 Å². The van der Waals surface area contributed by atoms with E-state index >= 15 is 0 Å². The number of furan rings is 1. The fraction of sp³-hybridized carbons (Fsp3) is 0.0400. The summed E-state index contributed by atoms with van der Waals surface area (Å²) >= 11 is 0. The number of carbonyl (C=O) groups is 2. The normalized spacial score (nSPS) is 16.1. The van der Waals surface area contributed by atoms with Gasteiger partial charge in [0.2, 0.25) is 5.78 Å². The van der Waals surface area contributed by atoms with Gasteiger partial charge in [0.15, 0.2) is 23.2 Å². The van der Waals surface area contributed by atoms with Gasteiger partial charge >= 0.3 is 0 Å². The number of rotatable bonds is 4. The third kappa shape index (κ3) is 3.32. The number of fused-ring (bicyclic) bond motifs is 1. The van der Waals surface area contributed by atoms with Crippen molar-refractivity contribution < 1.29 is 33.0 Å². The SMILES string of the molecule is O=C(C1=C(O)C(=O)N(c2ccc(F)c(F)c2)C1c1ccc(O)cc1)c1cc2ccccc2o1. The molecule has 1 unspecified atom stereocenters. The Morgan fingerprint density at radius 3 is 2.33 bits per heavy atom. The summed E-state index contributed by atoms with van der Waals surface area (Å²) in [6, 6.07) is 15.7. The number of hydrogen-bond donors (Lipinski definition) is 2. The average molecular weight is 447 g/mol. The fourth-order valence-electron chi connectivity index (χ4n) is 3.94. The Bertz CT molecular complexity index is 1420. The molecule has 0 spiro atoms. The highest BCUT2D eigenvalue weighted by Crippen LogP contribution is 2.42. The summed E-state index contributed by atoms with van der Waals surface area (Å²) < 4.78 is 33.1. The third-order valence-electron chi connectivity index (χ3n) is 5.49. The van der Waals surface area contributed by atoms with Gasteiger partial charge in [-0.25, -0.2) is 8.78 Å². The molecular weight excluding hydrogens is 432 g/mol. The topological polar surface area (TPSA) is 91.0 Å². The number of benzene rings is 3. The number of ketones is 1. The van der Waals surface area contributed by atoms with Crippen LogP contribution in [0.2, 0.25) is 0 Å². The Kier molecular flexibility index (Phi) is 4.70. The maximum absolute atomic E-state index is 14.0. The molecular formula is C25H15F2NO5. The second-order valence-corrected chi connectivity index (χ2v) is 7.51. The molecule has 0 aliphatic carbocycles. The number of halogens is 2. The lowest BCUT2D eigenvalue weighted by Gasteiger charge is -2.26. The van der Waals surface area contributed by atoms with Crippen molar-refractivity contribution >= 4 is 28.3 Å². The van der Waals surface area contributed by atoms with E-state index in [2.05, 4.69) is 0 Å². The highest BCUT2D eigenvalue weighted by Gasteiger charge is 2.45. The van der Waals surface area contributed by atoms with Crippen molar-refractivity contribution in [1.29, 1.82) is 0 Å². The molecule has 1 amide bonds. The minimum atomic E-state index is -1.19. The quantitative estimate of drug-likeness (QED) is 0.420. The summed E-state index contributed by atoms with van der Waals surface area (Å²) in [6.45, 7) is 0. The molecule has 1 aliphatic heterocycles. The summed E-state index contributed by atoms with van der Waals surface area (Å²) in [5.41, 5.74) is 0.462. The maximum atomic E-state index is 14.0. The number of Topliss-reactive ketones (excluding diaryl/α,β-unsaturated/α-hetero) is 1. The molecule has 164 valence electrons. The Labute approximate surface area is 185 Å². The number of aromatic hydroxyl groups is 1. The smallest absolute Gasteiger partial charge is 0.294 e. The van der Waals surface area contributed by atoms with Crippen molar-refractivity contribution in [3.8, 4) is 5.75 Å². The lowest BCUT2D eigenvalue weighted by Crippen LogP contribution is -2.31. The highest BCUT2D eigenvalue weighted by atomic mass is 19.2. The molecule has 3 aromatic carbocycles. The number of carbonyl (C=O) groups excluding carboxylic acids is 2. The lowest BCUT2D eigenvalue weighted by atomic mass is 9.94. The van der Waals surface area contributed by atoms with Crippen LogP contribution in [0.3, 0.4) is 0 Å². The molecule has 1 atom stereocenters. The summed E-state index contributed by atoms with van der Waals surface area (Å²) in [7, 11) is 0. The standard InChI is InChI=1S/C25H15F2NO5/c26-17-10-7-15(12-18(17)27)28-22(13-5-8-16(29)9-6-13)21(24(31)25(28)32)23(30)20-11-14-3-1-2-4-19(14)33-20/h1-12,22,29,31H. The van der Waals surface area contributed by atoms with E-state index < -0.39 is 35.1 Å². The summed E-state index contributed by atoms with van der Waals surface area (Å²) in [5, 5.41) is 21.0. The summed E-state index contributed by atoms with van der Waals surface area (Å²) in [5.74, 6) is -4.98. The maximum Gasteiger partial charge on any atom is 0.294 e. The van der Waals surface area contributed by atoms with Gasteiger partial charge < -0.3 is 14.6 Å². The molecule has 0 radical (unpaired) electrons. The largest absolute Gasteiger partial charge is 0.508 e. The van der Waals surface area contributed by atoms with Crippen molar-refractivity contribution in [2.45, 2.75) is 6.04 Å². The van der Waals surface area contributed by atoms with Crippen molar-refractivity contribution in [1.82, 2.24) is 0 Å². The van der Waals surface area contributed by atoms with Gasteiger partial charge in [0, 0.05) is 17.1 Å². The Morgan fingerprint density at radius 2 is 1.64 bits per heavy atom. The van der Waals surface area contributed by atoms with Gasteiger partial charge in [0.25, 0.3) is 5.91 Å². The molecule has 4 aromatic rings. The van der Waals surface area contributed by atoms with E-state index in [0.29, 0.717) is 16.5 Å². The Hall–Kier alpha value is -4.46. The number of anilines is 1. The van der Waals surface area contributed by atoms with Crippen molar-refractivity contribution in [3.63, 3.8) is 0 Å². The van der Waals surface area contributed by atoms with Gasteiger partial charge in [0.1, 0.15) is 11.3 Å². The molecule has 33 heavy (non-hydrogen) atoms. The molecule has 5 rings (SSSR count). The molecule has 2 heterocycles. The first-order valence-corrected chi connectivity index (χ1v) is 9.89. The van der Waals surface area contributed by atoms with Crippen LogP contribution in [0.5, 0.6) is 5.75 Å². The van der Waals surface area contributed by atoms with Crippen LogP contribution >= 0.6 is 0 Å². The van der Waals surface area contributed by atoms with Crippen LogP contribution in [-0.2, 0) is 4.79 Å². The van der Waals surface area contributed by atoms with E-state index in [4.69, 9.17) is 4.42 Å². The predicted octanol–water partition coefficient (Wildman–Crippen LogP) is 5.20. The van der Waals surface area contributed by atoms with Crippen LogP contribution in [0.1, 0.15) is 22.2 Å². The second kappa shape index (κ2) is 7.59. The minimum absolute atomic E-state index is 0.0548. The first-order chi connectivity index (χ1) is 15.8. The van der Waals surface area contributed by atoms with Gasteiger partial charge in [-0.05, 0) is 42.0 Å². The first-order valence-electron chi connectivity index (χ1n) is 9.89. The number of aliphatic hydroxyl groups excluding tert-OH is 1. The van der Waals surface area contributed by atoms with Crippen LogP contribution in [0.25, 0.3) is 11.0 Å². The molecule has 1 aliphatic rings. The molecule has 0 fully saturated rings. The average Bonchev–Trinajstić information content (AvgIpc) is 3.35. The summed E-state index contributed by atoms with van der Waals surface area (Å²) in [4.78, 5) is 27.5. The van der Waals surface area contributed by atoms with Gasteiger partial charge in [-0.3, -0.25) is 14.5 Å². The van der Waals surface area contributed by atoms with Crippen LogP contribution in [-0.4, -0.2) is 21.9 Å². The van der Waals surface area contributed by atoms with E-state index in [1.54, 1.807) is 24.3 Å². The van der Waals surface area contributed by atoms with Gasteiger partial charge in [-0.2, -0.15) is 0 Å². The number of amides is 1. The second-order valence-electron chi connectivity index (χ2n) is 7.51. The zero-order valence-corrected chi connectivity index (χ0v) is 16.8. The lowest BCUT2D eigenvalue weighted by molar-refractivity contribution is -0.117. The number of phenolic OH excluding ortho intramolecular Hbond substituents is 1. The molecule has 0 bridgehead atoms. The number of hydrogen-bond acceptors (Lipinski definition) is 5. The van der Waals surface area contributed by atoms with Crippen LogP contribution in [0.4, 0.5) is 14.5 Å². The molecule has 6 nitrogen and oxygen atoms in total. The predicted molar refractivity (Wildman–Crippen MR) is 115 cm³/mol. The van der Waals surface area contributed by atoms with Crippen molar-refractivity contribution in [2.24, 2.45) is 0 Å². The zero-order valence-electron chi connectivity index (χ0n) is 16.8. The number of phenols is 1. The molecule has 0 saturated carbocycles.